The van der Waals surface area contributed by atoms with E-state index in [1.54, 1.807) is 0 Å². The summed E-state index contributed by atoms with van der Waals surface area (Å²) in [4.78, 5) is 25.8. The van der Waals surface area contributed by atoms with Crippen LogP contribution in [0, 0.1) is 5.41 Å². The van der Waals surface area contributed by atoms with E-state index in [9.17, 15) is 4.79 Å². The lowest BCUT2D eigenvalue weighted by atomic mass is 9.84. The van der Waals surface area contributed by atoms with Crippen LogP contribution in [0.2, 0.25) is 0 Å². The molecule has 0 amide bonds. The molecule has 2 N–H and O–H groups in total. The van der Waals surface area contributed by atoms with Gasteiger partial charge >= 0.3 is 0 Å². The van der Waals surface area contributed by atoms with Crippen molar-refractivity contribution in [3.8, 4) is 0 Å². The Balaban J connectivity index is 0.00000119. The molecule has 2 aromatic heterocycles. The molecule has 0 saturated carbocycles. The average Bonchev–Trinajstić information content (AvgIpc) is 3.40. The first-order chi connectivity index (χ1) is 20.5. The predicted octanol–water partition coefficient (Wildman–Crippen LogP) is 6.63. The summed E-state index contributed by atoms with van der Waals surface area (Å²) in [6.07, 6.45) is 10.2. The van der Waals surface area contributed by atoms with Gasteiger partial charge in [0.1, 0.15) is 5.82 Å². The molecular formula is C35H47N7O. The van der Waals surface area contributed by atoms with Crippen LogP contribution in [-0.4, -0.2) is 51.6 Å². The lowest BCUT2D eigenvalue weighted by Crippen LogP contribution is -2.22. The van der Waals surface area contributed by atoms with Gasteiger partial charge in [-0.25, -0.2) is 9.97 Å². The summed E-state index contributed by atoms with van der Waals surface area (Å²) < 4.78 is 1.81. The molecule has 0 bridgehead atoms. The number of allylic oxidation sites excluding steroid dienone is 3. The monoisotopic (exact) mass is 581 g/mol. The van der Waals surface area contributed by atoms with E-state index in [0.717, 1.165) is 64.2 Å². The maximum atomic E-state index is 11.6. The van der Waals surface area contributed by atoms with Gasteiger partial charge in [-0.1, -0.05) is 70.2 Å². The van der Waals surface area contributed by atoms with Gasteiger partial charge in [0.05, 0.1) is 18.3 Å². The van der Waals surface area contributed by atoms with Crippen LogP contribution in [0.1, 0.15) is 68.3 Å². The summed E-state index contributed by atoms with van der Waals surface area (Å²) in [7, 11) is 6.04. The number of hydrogen-bond acceptors (Lipinski definition) is 7. The van der Waals surface area contributed by atoms with Crippen LogP contribution in [0.3, 0.4) is 0 Å². The Bertz CT molecular complexity index is 1560. The molecule has 2 aromatic carbocycles. The summed E-state index contributed by atoms with van der Waals surface area (Å²) >= 11 is 0. The number of carbonyl (C=O) groups excluding carboxylic acids is 1. The fourth-order valence-corrected chi connectivity index (χ4v) is 4.43. The van der Waals surface area contributed by atoms with Crippen LogP contribution in [0.4, 0.5) is 5.82 Å². The molecule has 228 valence electrons. The van der Waals surface area contributed by atoms with Gasteiger partial charge in [0.15, 0.2) is 12.1 Å². The van der Waals surface area contributed by atoms with Crippen LogP contribution in [0.15, 0.2) is 78.3 Å². The molecule has 0 spiro atoms. The van der Waals surface area contributed by atoms with E-state index in [4.69, 9.17) is 15.7 Å². The number of nitrogens with two attached hydrogens (primary N) is 1. The molecule has 0 saturated heterocycles. The number of aryl methyl sites for hydroxylation is 1. The van der Waals surface area contributed by atoms with Gasteiger partial charge in [-0.2, -0.15) is 5.10 Å². The maximum Gasteiger partial charge on any atom is 0.150 e. The molecule has 0 radical (unpaired) electrons. The van der Waals surface area contributed by atoms with Crippen LogP contribution >= 0.6 is 0 Å². The molecule has 4 rings (SSSR count). The fourth-order valence-electron chi connectivity index (χ4n) is 4.43. The average molecular weight is 582 g/mol. The predicted molar refractivity (Wildman–Crippen MR) is 179 cm³/mol. The lowest BCUT2D eigenvalue weighted by molar-refractivity contribution is 0.112. The molecule has 0 atom stereocenters. The molecular weight excluding hydrogens is 534 g/mol. The molecule has 43 heavy (non-hydrogen) atoms. The highest BCUT2D eigenvalue weighted by atomic mass is 16.1. The molecule has 0 aliphatic heterocycles. The number of fused-ring (bicyclic) bond motifs is 1. The number of aromatic nitrogens is 4. The van der Waals surface area contributed by atoms with E-state index >= 15 is 0 Å². The highest BCUT2D eigenvalue weighted by Crippen LogP contribution is 2.31. The number of carbonyl (C=O) groups is 1. The van der Waals surface area contributed by atoms with Crippen molar-refractivity contribution in [1.29, 1.82) is 0 Å². The first-order valence-electron chi connectivity index (χ1n) is 14.8. The van der Waals surface area contributed by atoms with Crippen molar-refractivity contribution in [3.63, 3.8) is 0 Å². The zero-order chi connectivity index (χ0) is 31.6. The lowest BCUT2D eigenvalue weighted by Gasteiger charge is -2.25. The minimum Gasteiger partial charge on any atom is -0.371 e. The molecule has 8 nitrogen and oxygen atoms in total. The number of rotatable bonds is 10. The minimum atomic E-state index is -0.111. The smallest absolute Gasteiger partial charge is 0.150 e. The normalized spacial score (nSPS) is 12.1. The fraction of sp³-hybridized carbons (Fsp3) is 0.371. The summed E-state index contributed by atoms with van der Waals surface area (Å²) in [6.45, 7) is 12.8. The zero-order valence-corrected chi connectivity index (χ0v) is 27.0. The Morgan fingerprint density at radius 3 is 2.26 bits per heavy atom. The maximum absolute atomic E-state index is 11.6. The van der Waals surface area contributed by atoms with Gasteiger partial charge in [0.25, 0.3) is 0 Å². The third kappa shape index (κ3) is 9.35. The van der Waals surface area contributed by atoms with E-state index in [0.29, 0.717) is 18.7 Å². The van der Waals surface area contributed by atoms with Crippen molar-refractivity contribution in [2.45, 2.75) is 54.1 Å². The number of para-hydroxylation sites is 1. The van der Waals surface area contributed by atoms with E-state index in [-0.39, 0.29) is 5.41 Å². The Labute approximate surface area is 256 Å². The second-order valence-corrected chi connectivity index (χ2v) is 11.9. The number of hydrogen-bond donors (Lipinski definition) is 1. The summed E-state index contributed by atoms with van der Waals surface area (Å²) in [5.74, 6) is 1.65. The minimum absolute atomic E-state index is 0.111. The third-order valence-corrected chi connectivity index (χ3v) is 7.10. The van der Waals surface area contributed by atoms with Gasteiger partial charge in [-0.05, 0) is 54.6 Å². The second kappa shape index (κ2) is 15.3. The first-order valence-corrected chi connectivity index (χ1v) is 14.8. The Kier molecular flexibility index (Phi) is 11.8. The summed E-state index contributed by atoms with van der Waals surface area (Å²) in [6, 6.07) is 15.8. The van der Waals surface area contributed by atoms with Gasteiger partial charge in [-0.15, -0.1) is 0 Å². The van der Waals surface area contributed by atoms with E-state index < -0.39 is 0 Å². The second-order valence-electron chi connectivity index (χ2n) is 11.9. The summed E-state index contributed by atoms with van der Waals surface area (Å²) in [5, 5.41) is 5.32. The van der Waals surface area contributed by atoms with Gasteiger partial charge in [0, 0.05) is 56.1 Å². The quantitative estimate of drug-likeness (QED) is 0.166. The molecule has 2 heterocycles. The van der Waals surface area contributed by atoms with Crippen LogP contribution < -0.4 is 10.6 Å². The highest BCUT2D eigenvalue weighted by Gasteiger charge is 2.18. The molecule has 0 aliphatic carbocycles. The molecule has 0 unspecified atom stereocenters. The zero-order valence-electron chi connectivity index (χ0n) is 27.0. The van der Waals surface area contributed by atoms with E-state index in [1.165, 1.54) is 0 Å². The van der Waals surface area contributed by atoms with E-state index in [1.807, 2.05) is 66.6 Å². The van der Waals surface area contributed by atoms with Gasteiger partial charge in [-0.3, -0.25) is 9.48 Å². The van der Waals surface area contributed by atoms with E-state index in [2.05, 4.69) is 81.8 Å². The number of benzene rings is 2. The van der Waals surface area contributed by atoms with Crippen LogP contribution in [0.5, 0.6) is 0 Å². The number of nitrogens with zero attached hydrogens (tertiary/aromatic N) is 6. The van der Waals surface area contributed by atoms with Gasteiger partial charge in [0.2, 0.25) is 0 Å². The van der Waals surface area contributed by atoms with Crippen molar-refractivity contribution < 1.29 is 4.79 Å². The number of anilines is 1. The van der Waals surface area contributed by atoms with Gasteiger partial charge < -0.3 is 15.5 Å². The third-order valence-electron chi connectivity index (χ3n) is 7.10. The molecule has 0 aliphatic rings. The molecule has 0 fully saturated rings. The standard InChI is InChI=1S/C32H38N6O.C3H9N/c1-23(16-27(32(2,3)4)17-25-12-8-9-13-26(25)22-39)36(5)21-30-34-29-15-11-10-14-28(29)31(35-30)37(6)19-24-18-33-38(7)20-24;1-2-3-4/h8-18,20,22H,19,21H2,1-7H3;2-4H2,1H3/b23-16+,27-17+;. The van der Waals surface area contributed by atoms with Crippen molar-refractivity contribution in [2.75, 3.05) is 25.5 Å². The Morgan fingerprint density at radius 1 is 1.00 bits per heavy atom. The molecule has 8 heteroatoms. The number of aldehydes is 1. The first kappa shape index (κ1) is 33.2. The molecule has 4 aromatic rings. The van der Waals surface area contributed by atoms with Crippen molar-refractivity contribution in [3.05, 3.63) is 101 Å². The SMILES string of the molecule is C/C(=C\C(=C/c1ccccc1C=O)C(C)(C)C)N(C)Cc1nc(N(C)Cc2cnn(C)c2)c2ccccc2n1.CCCN. The van der Waals surface area contributed by atoms with Crippen molar-refractivity contribution in [2.24, 2.45) is 18.2 Å². The Morgan fingerprint density at radius 2 is 1.65 bits per heavy atom. The van der Waals surface area contributed by atoms with Crippen molar-refractivity contribution >= 4 is 29.1 Å². The topological polar surface area (TPSA) is 93.2 Å². The van der Waals surface area contributed by atoms with Crippen LogP contribution in [-0.2, 0) is 20.1 Å². The summed E-state index contributed by atoms with van der Waals surface area (Å²) in [5.41, 5.74) is 10.8. The largest absolute Gasteiger partial charge is 0.371 e. The van der Waals surface area contributed by atoms with Crippen LogP contribution in [0.25, 0.3) is 17.0 Å². The van der Waals surface area contributed by atoms with Crippen molar-refractivity contribution in [1.82, 2.24) is 24.6 Å². The highest BCUT2D eigenvalue weighted by molar-refractivity contribution is 5.89. The Hall–Kier alpha value is -4.30.